The second kappa shape index (κ2) is 12.3. The van der Waals surface area contributed by atoms with E-state index in [4.69, 9.17) is 4.74 Å². The van der Waals surface area contributed by atoms with E-state index in [0.29, 0.717) is 17.7 Å². The van der Waals surface area contributed by atoms with Crippen molar-refractivity contribution in [3.8, 4) is 0 Å². The van der Waals surface area contributed by atoms with Gasteiger partial charge in [0.05, 0.1) is 18.2 Å². The van der Waals surface area contributed by atoms with Crippen molar-refractivity contribution in [2.45, 2.75) is 38.6 Å². The van der Waals surface area contributed by atoms with E-state index < -0.39 is 17.7 Å². The fraction of sp³-hybridized carbons (Fsp3) is 0.258. The van der Waals surface area contributed by atoms with Crippen LogP contribution in [0.25, 0.3) is 0 Å². The lowest BCUT2D eigenvalue weighted by Gasteiger charge is -2.34. The summed E-state index contributed by atoms with van der Waals surface area (Å²) in [6, 6.07) is 25.0. The third-order valence-corrected chi connectivity index (χ3v) is 6.69. The summed E-state index contributed by atoms with van der Waals surface area (Å²) >= 11 is 0. The second-order valence-electron chi connectivity index (χ2n) is 9.23. The minimum Gasteiger partial charge on any atom is -0.463 e. The van der Waals surface area contributed by atoms with Gasteiger partial charge in [0.1, 0.15) is 12.4 Å². The maximum absolute atomic E-state index is 14.0. The number of amides is 2. The largest absolute Gasteiger partial charge is 0.463 e. The molecular formula is C31H31FN2O4. The molecule has 3 aromatic rings. The number of allylic oxidation sites excluding steroid dienone is 1. The molecular weight excluding hydrogens is 483 g/mol. The molecule has 3 aromatic carbocycles. The number of hydrogen-bond acceptors (Lipinski definition) is 4. The average Bonchev–Trinajstić information content (AvgIpc) is 2.91. The van der Waals surface area contributed by atoms with Gasteiger partial charge in [-0.2, -0.15) is 0 Å². The van der Waals surface area contributed by atoms with E-state index in [1.54, 1.807) is 26.0 Å². The molecule has 38 heavy (non-hydrogen) atoms. The summed E-state index contributed by atoms with van der Waals surface area (Å²) in [5.41, 5.74) is 3.11. The molecule has 2 atom stereocenters. The Morgan fingerprint density at radius 2 is 1.71 bits per heavy atom. The van der Waals surface area contributed by atoms with Gasteiger partial charge in [-0.05, 0) is 49.1 Å². The van der Waals surface area contributed by atoms with Gasteiger partial charge >= 0.3 is 5.97 Å². The zero-order valence-corrected chi connectivity index (χ0v) is 21.5. The molecule has 0 saturated carbocycles. The van der Waals surface area contributed by atoms with Crippen LogP contribution in [0, 0.1) is 5.82 Å². The van der Waals surface area contributed by atoms with Crippen LogP contribution in [0.1, 0.15) is 48.9 Å². The number of esters is 1. The standard InChI is InChI=1S/C31H31FN2O4/c1-3-38-31(37)30-21(2)34(29(36)19-26(30)24-15-10-16-25(32)18-24)20-28(35)33-27(23-13-8-5-9-14-23)17-22-11-6-4-7-12-22/h4-16,18,26-27H,3,17,19-20H2,1-2H3,(H,33,35). The van der Waals surface area contributed by atoms with Gasteiger partial charge in [-0.3, -0.25) is 9.59 Å². The van der Waals surface area contributed by atoms with Gasteiger partial charge < -0.3 is 15.0 Å². The van der Waals surface area contributed by atoms with Crippen LogP contribution in [0.15, 0.2) is 96.2 Å². The van der Waals surface area contributed by atoms with Crippen molar-refractivity contribution in [3.05, 3.63) is 119 Å². The summed E-state index contributed by atoms with van der Waals surface area (Å²) in [5, 5.41) is 3.07. The van der Waals surface area contributed by atoms with Crippen molar-refractivity contribution in [2.24, 2.45) is 0 Å². The van der Waals surface area contributed by atoms with E-state index in [0.717, 1.165) is 11.1 Å². The zero-order valence-electron chi connectivity index (χ0n) is 21.5. The zero-order chi connectivity index (χ0) is 27.1. The van der Waals surface area contributed by atoms with Crippen molar-refractivity contribution in [1.29, 1.82) is 0 Å². The van der Waals surface area contributed by atoms with Gasteiger partial charge in [0.25, 0.3) is 0 Å². The molecule has 2 unspecified atom stereocenters. The van der Waals surface area contributed by atoms with E-state index in [-0.39, 0.29) is 43.0 Å². The van der Waals surface area contributed by atoms with Crippen LogP contribution in [0.5, 0.6) is 0 Å². The Hall–Kier alpha value is -4.26. The molecule has 6 nitrogen and oxygen atoms in total. The summed E-state index contributed by atoms with van der Waals surface area (Å²) in [4.78, 5) is 40.8. The third-order valence-electron chi connectivity index (χ3n) is 6.69. The Bertz CT molecular complexity index is 1320. The Labute approximate surface area is 222 Å². The fourth-order valence-electron chi connectivity index (χ4n) is 4.86. The number of carbonyl (C=O) groups is 3. The summed E-state index contributed by atoms with van der Waals surface area (Å²) < 4.78 is 19.3. The molecule has 1 heterocycles. The Kier molecular flexibility index (Phi) is 8.69. The highest BCUT2D eigenvalue weighted by molar-refractivity contribution is 5.97. The number of carbonyl (C=O) groups excluding carboxylic acids is 3. The fourth-order valence-corrected chi connectivity index (χ4v) is 4.86. The van der Waals surface area contributed by atoms with E-state index in [1.807, 2.05) is 60.7 Å². The second-order valence-corrected chi connectivity index (χ2v) is 9.23. The third kappa shape index (κ3) is 6.35. The highest BCUT2D eigenvalue weighted by Gasteiger charge is 2.37. The highest BCUT2D eigenvalue weighted by atomic mass is 19.1. The minimum absolute atomic E-state index is 0.0750. The maximum Gasteiger partial charge on any atom is 0.336 e. The number of halogens is 1. The van der Waals surface area contributed by atoms with Gasteiger partial charge in [-0.25, -0.2) is 9.18 Å². The monoisotopic (exact) mass is 514 g/mol. The average molecular weight is 515 g/mol. The van der Waals surface area contributed by atoms with Crippen LogP contribution in [0.4, 0.5) is 4.39 Å². The van der Waals surface area contributed by atoms with E-state index in [9.17, 15) is 18.8 Å². The summed E-state index contributed by atoms with van der Waals surface area (Å²) in [6.45, 7) is 3.22. The van der Waals surface area contributed by atoms with Crippen LogP contribution in [-0.4, -0.2) is 35.8 Å². The number of hydrogen-bond donors (Lipinski definition) is 1. The molecule has 7 heteroatoms. The number of rotatable bonds is 9. The molecule has 196 valence electrons. The first kappa shape index (κ1) is 26.8. The molecule has 1 aliphatic heterocycles. The van der Waals surface area contributed by atoms with Gasteiger partial charge in [-0.1, -0.05) is 72.8 Å². The van der Waals surface area contributed by atoms with Crippen molar-refractivity contribution < 1.29 is 23.5 Å². The number of benzene rings is 3. The van der Waals surface area contributed by atoms with Gasteiger partial charge in [0.2, 0.25) is 11.8 Å². The van der Waals surface area contributed by atoms with Crippen molar-refractivity contribution >= 4 is 17.8 Å². The van der Waals surface area contributed by atoms with Crippen molar-refractivity contribution in [2.75, 3.05) is 13.2 Å². The number of ether oxygens (including phenoxy) is 1. The van der Waals surface area contributed by atoms with Gasteiger partial charge in [-0.15, -0.1) is 0 Å². The van der Waals surface area contributed by atoms with Crippen LogP contribution < -0.4 is 5.32 Å². The Balaban J connectivity index is 1.60. The molecule has 0 saturated heterocycles. The first-order valence-electron chi connectivity index (χ1n) is 12.7. The molecule has 0 fully saturated rings. The van der Waals surface area contributed by atoms with Gasteiger partial charge in [0.15, 0.2) is 0 Å². The van der Waals surface area contributed by atoms with Gasteiger partial charge in [0, 0.05) is 18.0 Å². The first-order valence-corrected chi connectivity index (χ1v) is 12.7. The van der Waals surface area contributed by atoms with Crippen LogP contribution in [0.3, 0.4) is 0 Å². The van der Waals surface area contributed by atoms with Crippen molar-refractivity contribution in [1.82, 2.24) is 10.2 Å². The summed E-state index contributed by atoms with van der Waals surface area (Å²) in [5.74, 6) is -2.37. The maximum atomic E-state index is 14.0. The van der Waals surface area contributed by atoms with Crippen molar-refractivity contribution in [3.63, 3.8) is 0 Å². The summed E-state index contributed by atoms with van der Waals surface area (Å²) in [7, 11) is 0. The highest BCUT2D eigenvalue weighted by Crippen LogP contribution is 2.37. The topological polar surface area (TPSA) is 75.7 Å². The SMILES string of the molecule is CCOC(=O)C1=C(C)N(CC(=O)NC(Cc2ccccc2)c2ccccc2)C(=O)CC1c1cccc(F)c1. The molecule has 0 radical (unpaired) electrons. The molecule has 1 aliphatic rings. The van der Waals surface area contributed by atoms with E-state index >= 15 is 0 Å². The molecule has 1 N–H and O–H groups in total. The lowest BCUT2D eigenvalue weighted by molar-refractivity contribution is -0.141. The molecule has 4 rings (SSSR count). The predicted octanol–water partition coefficient (Wildman–Crippen LogP) is 5.08. The van der Waals surface area contributed by atoms with Crippen LogP contribution in [-0.2, 0) is 25.5 Å². The van der Waals surface area contributed by atoms with E-state index in [2.05, 4.69) is 5.32 Å². The van der Waals surface area contributed by atoms with E-state index in [1.165, 1.54) is 17.0 Å². The molecule has 0 spiro atoms. The lowest BCUT2D eigenvalue weighted by Crippen LogP contribution is -2.45. The Morgan fingerprint density at radius 1 is 1.03 bits per heavy atom. The molecule has 2 amide bonds. The minimum atomic E-state index is -0.660. The quantitative estimate of drug-likeness (QED) is 0.404. The lowest BCUT2D eigenvalue weighted by atomic mass is 9.83. The smallest absolute Gasteiger partial charge is 0.336 e. The first-order chi connectivity index (χ1) is 18.4. The molecule has 0 aliphatic carbocycles. The molecule has 0 aromatic heterocycles. The number of nitrogens with one attached hydrogen (secondary N) is 1. The summed E-state index contributed by atoms with van der Waals surface area (Å²) in [6.07, 6.45) is 0.503. The predicted molar refractivity (Wildman–Crippen MR) is 142 cm³/mol. The Morgan fingerprint density at radius 3 is 2.37 bits per heavy atom. The number of nitrogens with zero attached hydrogens (tertiary/aromatic N) is 1. The van der Waals surface area contributed by atoms with Crippen LogP contribution >= 0.6 is 0 Å². The molecule has 0 bridgehead atoms. The van der Waals surface area contributed by atoms with Crippen LogP contribution in [0.2, 0.25) is 0 Å². The normalized spacial score (nSPS) is 16.2.